The van der Waals surface area contributed by atoms with Crippen molar-refractivity contribution in [3.63, 3.8) is 0 Å². The molecule has 2 aliphatic rings. The number of nitrogens with one attached hydrogen (secondary N) is 1. The maximum Gasteiger partial charge on any atom is 0.241 e. The molecule has 4 atom stereocenters. The van der Waals surface area contributed by atoms with Gasteiger partial charge in [-0.1, -0.05) is 37.6 Å². The van der Waals surface area contributed by atoms with Gasteiger partial charge in [0, 0.05) is 6.54 Å². The molecule has 1 aromatic carbocycles. The van der Waals surface area contributed by atoms with Gasteiger partial charge in [0.2, 0.25) is 5.91 Å². The molecule has 1 saturated heterocycles. The van der Waals surface area contributed by atoms with Crippen LogP contribution in [0.5, 0.6) is 0 Å². The highest BCUT2D eigenvalue weighted by molar-refractivity contribution is 5.84. The average molecular weight is 286 g/mol. The molecule has 0 spiro atoms. The first-order valence-electron chi connectivity index (χ1n) is 8.15. The highest BCUT2D eigenvalue weighted by Gasteiger charge is 2.43. The molecule has 1 saturated carbocycles. The van der Waals surface area contributed by atoms with Gasteiger partial charge < -0.3 is 4.90 Å². The van der Waals surface area contributed by atoms with E-state index >= 15 is 0 Å². The number of carbonyl (C=O) groups is 1. The number of nitrogens with zero attached hydrogens (tertiary/aromatic N) is 1. The summed E-state index contributed by atoms with van der Waals surface area (Å²) < 4.78 is 0. The second kappa shape index (κ2) is 5.45. The third-order valence-electron chi connectivity index (χ3n) is 5.09. The van der Waals surface area contributed by atoms with Gasteiger partial charge in [-0.15, -0.1) is 0 Å². The molecule has 1 N–H and O–H groups in total. The number of rotatable bonds is 4. The first-order valence-corrected chi connectivity index (χ1v) is 8.15. The molecule has 114 valence electrons. The van der Waals surface area contributed by atoms with Gasteiger partial charge in [0.05, 0.1) is 6.04 Å². The van der Waals surface area contributed by atoms with Crippen LogP contribution in [0.3, 0.4) is 0 Å². The lowest BCUT2D eigenvalue weighted by molar-refractivity contribution is -0.130. The van der Waals surface area contributed by atoms with Crippen molar-refractivity contribution in [2.75, 3.05) is 6.54 Å². The molecule has 1 aliphatic heterocycles. The zero-order chi connectivity index (χ0) is 15.1. The third kappa shape index (κ3) is 2.71. The molecule has 3 heteroatoms. The summed E-state index contributed by atoms with van der Waals surface area (Å²) in [6.07, 6.45) is 2.17. The number of benzene rings is 1. The zero-order valence-corrected chi connectivity index (χ0v) is 13.5. The van der Waals surface area contributed by atoms with Gasteiger partial charge in [-0.25, -0.2) is 0 Å². The van der Waals surface area contributed by atoms with Crippen molar-refractivity contribution in [1.29, 1.82) is 0 Å². The SMILES string of the molecule is CCC1NC(c2ccc(C)cc2C)N(CC2CC2C)C1=O. The molecular weight excluding hydrogens is 260 g/mol. The molecule has 0 radical (unpaired) electrons. The van der Waals surface area contributed by atoms with Gasteiger partial charge >= 0.3 is 0 Å². The standard InChI is InChI=1S/C18H26N2O/c1-5-16-18(21)20(10-14-9-12(14)3)17(19-16)15-7-6-11(2)8-13(15)4/h6-8,12,14,16-17,19H,5,9-10H2,1-4H3. The molecule has 2 fully saturated rings. The normalized spacial score (nSPS) is 31.8. The van der Waals surface area contributed by atoms with Crippen molar-refractivity contribution >= 4 is 5.91 Å². The van der Waals surface area contributed by atoms with Crippen LogP contribution in [0.2, 0.25) is 0 Å². The van der Waals surface area contributed by atoms with Crippen molar-refractivity contribution in [2.45, 2.75) is 52.7 Å². The fourth-order valence-corrected chi connectivity index (χ4v) is 3.46. The van der Waals surface area contributed by atoms with Gasteiger partial charge in [0.1, 0.15) is 6.17 Å². The van der Waals surface area contributed by atoms with E-state index in [1.54, 1.807) is 0 Å². The Hall–Kier alpha value is -1.35. The number of hydrogen-bond acceptors (Lipinski definition) is 2. The van der Waals surface area contributed by atoms with Gasteiger partial charge in [-0.2, -0.15) is 0 Å². The first-order chi connectivity index (χ1) is 10.0. The van der Waals surface area contributed by atoms with Crippen LogP contribution in [0.15, 0.2) is 18.2 Å². The van der Waals surface area contributed by atoms with E-state index in [0.717, 1.165) is 18.9 Å². The molecule has 21 heavy (non-hydrogen) atoms. The molecule has 1 heterocycles. The summed E-state index contributed by atoms with van der Waals surface area (Å²) in [5, 5.41) is 3.54. The van der Waals surface area contributed by atoms with Crippen LogP contribution < -0.4 is 5.32 Å². The second-order valence-corrected chi connectivity index (χ2v) is 6.85. The Bertz CT molecular complexity index is 554. The largest absolute Gasteiger partial charge is 0.321 e. The summed E-state index contributed by atoms with van der Waals surface area (Å²) in [7, 11) is 0. The molecule has 0 bridgehead atoms. The van der Waals surface area contributed by atoms with E-state index in [2.05, 4.69) is 56.1 Å². The maximum absolute atomic E-state index is 12.6. The van der Waals surface area contributed by atoms with E-state index in [-0.39, 0.29) is 18.1 Å². The highest BCUT2D eigenvalue weighted by atomic mass is 16.2. The summed E-state index contributed by atoms with van der Waals surface area (Å²) in [6, 6.07) is 6.51. The van der Waals surface area contributed by atoms with Crippen molar-refractivity contribution in [3.8, 4) is 0 Å². The van der Waals surface area contributed by atoms with E-state index in [4.69, 9.17) is 0 Å². The fraction of sp³-hybridized carbons (Fsp3) is 0.611. The van der Waals surface area contributed by atoms with Crippen molar-refractivity contribution < 1.29 is 4.79 Å². The lowest BCUT2D eigenvalue weighted by Crippen LogP contribution is -2.33. The summed E-state index contributed by atoms with van der Waals surface area (Å²) in [6.45, 7) is 9.52. The number of aryl methyl sites for hydroxylation is 2. The minimum Gasteiger partial charge on any atom is -0.321 e. The van der Waals surface area contributed by atoms with Crippen LogP contribution in [0.25, 0.3) is 0 Å². The third-order valence-corrected chi connectivity index (χ3v) is 5.09. The number of carbonyl (C=O) groups excluding carboxylic acids is 1. The Labute approximate surface area is 127 Å². The monoisotopic (exact) mass is 286 g/mol. The fourth-order valence-electron chi connectivity index (χ4n) is 3.46. The number of hydrogen-bond donors (Lipinski definition) is 1. The summed E-state index contributed by atoms with van der Waals surface area (Å²) in [4.78, 5) is 14.7. The van der Waals surface area contributed by atoms with Crippen molar-refractivity contribution in [2.24, 2.45) is 11.8 Å². The van der Waals surface area contributed by atoms with Crippen LogP contribution in [-0.2, 0) is 4.79 Å². The van der Waals surface area contributed by atoms with Crippen LogP contribution in [0, 0.1) is 25.7 Å². The molecule has 1 aromatic rings. The van der Waals surface area contributed by atoms with E-state index in [9.17, 15) is 4.79 Å². The highest BCUT2D eigenvalue weighted by Crippen LogP contribution is 2.41. The van der Waals surface area contributed by atoms with Gasteiger partial charge in [-0.05, 0) is 49.7 Å². The number of amides is 1. The minimum absolute atomic E-state index is 0.0234. The Balaban J connectivity index is 1.88. The molecular formula is C18H26N2O. The summed E-state index contributed by atoms with van der Waals surface area (Å²) in [5.74, 6) is 1.75. The lowest BCUT2D eigenvalue weighted by Gasteiger charge is -2.26. The second-order valence-electron chi connectivity index (χ2n) is 6.85. The first kappa shape index (κ1) is 14.6. The molecule has 4 unspecified atom stereocenters. The van der Waals surface area contributed by atoms with E-state index in [1.165, 1.54) is 23.1 Å². The quantitative estimate of drug-likeness (QED) is 0.922. The Kier molecular flexibility index (Phi) is 3.78. The summed E-state index contributed by atoms with van der Waals surface area (Å²) in [5.41, 5.74) is 3.79. The van der Waals surface area contributed by atoms with Crippen molar-refractivity contribution in [1.82, 2.24) is 10.2 Å². The van der Waals surface area contributed by atoms with E-state index < -0.39 is 0 Å². The minimum atomic E-state index is -0.0234. The Morgan fingerprint density at radius 1 is 1.33 bits per heavy atom. The smallest absolute Gasteiger partial charge is 0.241 e. The molecule has 3 rings (SSSR count). The van der Waals surface area contributed by atoms with E-state index in [0.29, 0.717) is 5.92 Å². The van der Waals surface area contributed by atoms with Crippen LogP contribution in [0.1, 0.15) is 49.5 Å². The molecule has 1 aliphatic carbocycles. The summed E-state index contributed by atoms with van der Waals surface area (Å²) >= 11 is 0. The Morgan fingerprint density at radius 3 is 2.62 bits per heavy atom. The zero-order valence-electron chi connectivity index (χ0n) is 13.5. The lowest BCUT2D eigenvalue weighted by atomic mass is 10.0. The topological polar surface area (TPSA) is 32.3 Å². The molecule has 1 amide bonds. The predicted molar refractivity (Wildman–Crippen MR) is 84.9 cm³/mol. The van der Waals surface area contributed by atoms with Crippen LogP contribution >= 0.6 is 0 Å². The van der Waals surface area contributed by atoms with E-state index in [1.807, 2.05) is 0 Å². The Morgan fingerprint density at radius 2 is 2.05 bits per heavy atom. The van der Waals surface area contributed by atoms with Crippen LogP contribution in [-0.4, -0.2) is 23.4 Å². The molecule has 0 aromatic heterocycles. The molecule has 3 nitrogen and oxygen atoms in total. The average Bonchev–Trinajstić information content (AvgIpc) is 3.04. The van der Waals surface area contributed by atoms with Crippen molar-refractivity contribution in [3.05, 3.63) is 34.9 Å². The van der Waals surface area contributed by atoms with Gasteiger partial charge in [0.15, 0.2) is 0 Å². The van der Waals surface area contributed by atoms with Crippen LogP contribution in [0.4, 0.5) is 0 Å². The van der Waals surface area contributed by atoms with Gasteiger partial charge in [-0.3, -0.25) is 10.1 Å². The predicted octanol–water partition coefficient (Wildman–Crippen LogP) is 3.17. The van der Waals surface area contributed by atoms with Gasteiger partial charge in [0.25, 0.3) is 0 Å². The maximum atomic E-state index is 12.6.